The van der Waals surface area contributed by atoms with E-state index in [0.29, 0.717) is 30.8 Å². The molecular weight excluding hydrogens is 567 g/mol. The van der Waals surface area contributed by atoms with E-state index in [9.17, 15) is 4.79 Å². The van der Waals surface area contributed by atoms with Crippen LogP contribution in [-0.4, -0.2) is 26.3 Å². The van der Waals surface area contributed by atoms with E-state index >= 15 is 0 Å². The number of aryl methyl sites for hydroxylation is 2. The molecule has 6 aromatic rings. The van der Waals surface area contributed by atoms with Crippen LogP contribution >= 0.6 is 11.3 Å². The second kappa shape index (κ2) is 13.0. The normalized spacial score (nSPS) is 11.1. The fourth-order valence-corrected chi connectivity index (χ4v) is 5.95. The van der Waals surface area contributed by atoms with Crippen LogP contribution in [0.2, 0.25) is 0 Å². The van der Waals surface area contributed by atoms with Crippen molar-refractivity contribution >= 4 is 39.8 Å². The number of hydrogen-bond acceptors (Lipinski definition) is 6. The Morgan fingerprint density at radius 3 is 2.32 bits per heavy atom. The van der Waals surface area contributed by atoms with E-state index in [1.165, 1.54) is 4.88 Å². The molecular formula is C35H33N7OS. The highest BCUT2D eigenvalue weighted by Crippen LogP contribution is 2.25. The molecule has 3 heterocycles. The molecule has 220 valence electrons. The number of nitrogens with two attached hydrogens (primary N) is 2. The first-order chi connectivity index (χ1) is 21.5. The van der Waals surface area contributed by atoms with Crippen molar-refractivity contribution in [1.82, 2.24) is 14.5 Å². The van der Waals surface area contributed by atoms with Gasteiger partial charge in [0.15, 0.2) is 0 Å². The van der Waals surface area contributed by atoms with Crippen molar-refractivity contribution in [2.45, 2.75) is 32.5 Å². The van der Waals surface area contributed by atoms with E-state index in [0.717, 1.165) is 52.1 Å². The quantitative estimate of drug-likeness (QED) is 0.126. The Morgan fingerprint density at radius 1 is 0.886 bits per heavy atom. The monoisotopic (exact) mass is 599 g/mol. The number of hydrogen-bond donors (Lipinski definition) is 3. The molecule has 0 unspecified atom stereocenters. The van der Waals surface area contributed by atoms with Crippen LogP contribution in [0.1, 0.15) is 43.3 Å². The molecule has 8 nitrogen and oxygen atoms in total. The first-order valence-electron chi connectivity index (χ1n) is 14.4. The van der Waals surface area contributed by atoms with Crippen LogP contribution in [0.3, 0.4) is 0 Å². The maximum absolute atomic E-state index is 14.1. The van der Waals surface area contributed by atoms with Gasteiger partial charge in [-0.2, -0.15) is 0 Å². The van der Waals surface area contributed by atoms with Crippen LogP contribution in [0, 0.1) is 5.41 Å². The van der Waals surface area contributed by atoms with Gasteiger partial charge in [-0.1, -0.05) is 54.6 Å². The number of imidazole rings is 1. The molecule has 6 rings (SSSR count). The number of nitrogen functional groups attached to an aromatic ring is 1. The summed E-state index contributed by atoms with van der Waals surface area (Å²) in [6.45, 7) is 1.58. The Bertz CT molecular complexity index is 1880. The number of benzene rings is 3. The molecule has 0 saturated carbocycles. The maximum Gasteiger partial charge on any atom is 0.258 e. The summed E-state index contributed by atoms with van der Waals surface area (Å²) < 4.78 is 2.25. The van der Waals surface area contributed by atoms with Crippen molar-refractivity contribution in [1.29, 1.82) is 5.41 Å². The van der Waals surface area contributed by atoms with Crippen molar-refractivity contribution in [3.8, 4) is 0 Å². The predicted octanol–water partition coefficient (Wildman–Crippen LogP) is 5.92. The van der Waals surface area contributed by atoms with E-state index in [-0.39, 0.29) is 11.7 Å². The standard InChI is InChI=1S/C35H33N7OS/c36-20-25-5-7-26(8-6-25)22-41(29-3-1-17-39-21-29)35(43)28-14-15-32-31(19-28)40-33(42(32)23-30-4-2-18-44-30)16-11-24-9-12-27(13-10-24)34(37)38/h1-10,12-15,17-19,21H,11,16,20,22-23,36H2,(H3,37,38). The van der Waals surface area contributed by atoms with Crippen LogP contribution in [0.25, 0.3) is 11.0 Å². The van der Waals surface area contributed by atoms with Gasteiger partial charge in [0.2, 0.25) is 0 Å². The Morgan fingerprint density at radius 2 is 1.64 bits per heavy atom. The molecule has 0 bridgehead atoms. The number of aromatic nitrogens is 3. The zero-order valence-electron chi connectivity index (χ0n) is 24.2. The molecule has 9 heteroatoms. The maximum atomic E-state index is 14.1. The van der Waals surface area contributed by atoms with Gasteiger partial charge in [0.05, 0.1) is 36.0 Å². The minimum Gasteiger partial charge on any atom is -0.384 e. The van der Waals surface area contributed by atoms with Gasteiger partial charge in [0, 0.05) is 35.2 Å². The third-order valence-corrected chi connectivity index (χ3v) is 8.53. The largest absolute Gasteiger partial charge is 0.384 e. The molecule has 0 saturated heterocycles. The van der Waals surface area contributed by atoms with E-state index in [1.807, 2.05) is 78.9 Å². The Kier molecular flexibility index (Phi) is 8.58. The highest BCUT2D eigenvalue weighted by molar-refractivity contribution is 7.09. The fourth-order valence-electron chi connectivity index (χ4n) is 5.26. The van der Waals surface area contributed by atoms with Crippen LogP contribution in [-0.2, 0) is 32.5 Å². The number of nitrogens with zero attached hydrogens (tertiary/aromatic N) is 4. The van der Waals surface area contributed by atoms with E-state index in [2.05, 4.69) is 27.1 Å². The number of carbonyl (C=O) groups is 1. The lowest BCUT2D eigenvalue weighted by Crippen LogP contribution is -2.30. The summed E-state index contributed by atoms with van der Waals surface area (Å²) in [7, 11) is 0. The summed E-state index contributed by atoms with van der Waals surface area (Å²) in [5, 5.41) is 9.73. The number of nitrogens with one attached hydrogen (secondary N) is 1. The second-order valence-corrected chi connectivity index (χ2v) is 11.7. The average Bonchev–Trinajstić information content (AvgIpc) is 3.71. The molecule has 44 heavy (non-hydrogen) atoms. The van der Waals surface area contributed by atoms with Gasteiger partial charge in [-0.05, 0) is 64.9 Å². The molecule has 0 aliphatic carbocycles. The Hall–Kier alpha value is -5.12. The van der Waals surface area contributed by atoms with Gasteiger partial charge in [0.1, 0.15) is 11.7 Å². The van der Waals surface area contributed by atoms with Gasteiger partial charge < -0.3 is 20.9 Å². The van der Waals surface area contributed by atoms with Gasteiger partial charge in [-0.15, -0.1) is 11.3 Å². The molecule has 1 amide bonds. The van der Waals surface area contributed by atoms with Crippen molar-refractivity contribution in [3.63, 3.8) is 0 Å². The second-order valence-electron chi connectivity index (χ2n) is 10.6. The van der Waals surface area contributed by atoms with Gasteiger partial charge >= 0.3 is 0 Å². The number of anilines is 1. The number of amidine groups is 1. The number of rotatable bonds is 11. The number of thiophene rings is 1. The molecule has 0 aliphatic heterocycles. The smallest absolute Gasteiger partial charge is 0.258 e. The molecule has 0 radical (unpaired) electrons. The molecule has 0 aliphatic rings. The lowest BCUT2D eigenvalue weighted by Gasteiger charge is -2.23. The Labute approximate surface area is 260 Å². The van der Waals surface area contributed by atoms with Gasteiger partial charge in [0.25, 0.3) is 5.91 Å². The summed E-state index contributed by atoms with van der Waals surface area (Å²) in [5.74, 6) is 0.895. The highest BCUT2D eigenvalue weighted by atomic mass is 32.1. The predicted molar refractivity (Wildman–Crippen MR) is 177 cm³/mol. The van der Waals surface area contributed by atoms with Crippen LogP contribution in [0.4, 0.5) is 5.69 Å². The van der Waals surface area contributed by atoms with Crippen LogP contribution in [0.5, 0.6) is 0 Å². The summed E-state index contributed by atoms with van der Waals surface area (Å²) in [6, 6.07) is 29.5. The highest BCUT2D eigenvalue weighted by Gasteiger charge is 2.21. The summed E-state index contributed by atoms with van der Waals surface area (Å²) in [4.78, 5) is 26.4. The number of amides is 1. The Balaban J connectivity index is 1.32. The summed E-state index contributed by atoms with van der Waals surface area (Å²) in [6.07, 6.45) is 4.92. The zero-order valence-corrected chi connectivity index (χ0v) is 25.0. The van der Waals surface area contributed by atoms with E-state index in [1.54, 1.807) is 28.6 Å². The summed E-state index contributed by atoms with van der Waals surface area (Å²) in [5.41, 5.74) is 18.4. The minimum atomic E-state index is -0.122. The molecule has 3 aromatic carbocycles. The third kappa shape index (κ3) is 6.44. The van der Waals surface area contributed by atoms with Crippen LogP contribution < -0.4 is 16.4 Å². The van der Waals surface area contributed by atoms with Crippen molar-refractivity contribution in [2.24, 2.45) is 11.5 Å². The van der Waals surface area contributed by atoms with Gasteiger partial charge in [-0.25, -0.2) is 4.98 Å². The number of pyridine rings is 1. The molecule has 0 fully saturated rings. The van der Waals surface area contributed by atoms with E-state index < -0.39 is 0 Å². The van der Waals surface area contributed by atoms with Crippen molar-refractivity contribution < 1.29 is 4.79 Å². The molecule has 3 aromatic heterocycles. The topological polar surface area (TPSA) is 127 Å². The van der Waals surface area contributed by atoms with Crippen molar-refractivity contribution in [2.75, 3.05) is 4.90 Å². The molecule has 5 N–H and O–H groups in total. The van der Waals surface area contributed by atoms with Crippen molar-refractivity contribution in [3.05, 3.63) is 147 Å². The summed E-state index contributed by atoms with van der Waals surface area (Å²) >= 11 is 1.72. The average molecular weight is 600 g/mol. The first-order valence-corrected chi connectivity index (χ1v) is 15.3. The van der Waals surface area contributed by atoms with E-state index in [4.69, 9.17) is 21.9 Å². The lowest BCUT2D eigenvalue weighted by molar-refractivity contribution is 0.0985. The minimum absolute atomic E-state index is 0.0613. The first kappa shape index (κ1) is 29.0. The fraction of sp³-hybridized carbons (Fsp3) is 0.143. The number of carbonyl (C=O) groups excluding carboxylic acids is 1. The number of fused-ring (bicyclic) bond motifs is 1. The SMILES string of the molecule is N=C(N)c1ccc(CCc2nc3cc(C(=O)N(Cc4ccc(CN)cc4)c4cccnc4)ccc3n2Cc2cccs2)cc1. The van der Waals surface area contributed by atoms with Gasteiger partial charge in [-0.3, -0.25) is 15.2 Å². The molecule has 0 spiro atoms. The van der Waals surface area contributed by atoms with Crippen LogP contribution in [0.15, 0.2) is 109 Å². The zero-order chi connectivity index (χ0) is 30.5. The lowest BCUT2D eigenvalue weighted by atomic mass is 10.1. The third-order valence-electron chi connectivity index (χ3n) is 7.67. The molecule has 0 atom stereocenters.